The lowest BCUT2D eigenvalue weighted by Gasteiger charge is -2.35. The van der Waals surface area contributed by atoms with E-state index in [-0.39, 0.29) is 28.6 Å². The molecule has 11 heteroatoms. The van der Waals surface area contributed by atoms with E-state index in [1.54, 1.807) is 17.2 Å². The first-order chi connectivity index (χ1) is 19.2. The first-order valence-corrected chi connectivity index (χ1v) is 13.1. The first kappa shape index (κ1) is 25.9. The summed E-state index contributed by atoms with van der Waals surface area (Å²) >= 11 is 0. The maximum Gasteiger partial charge on any atom is 0.418 e. The second-order valence-corrected chi connectivity index (χ2v) is 10.1. The van der Waals surface area contributed by atoms with E-state index in [1.165, 1.54) is 6.07 Å². The molecule has 2 aromatic carbocycles. The summed E-state index contributed by atoms with van der Waals surface area (Å²) in [5.74, 6) is 0.182. The number of nitrogens with one attached hydrogen (secondary N) is 3. The summed E-state index contributed by atoms with van der Waals surface area (Å²) in [4.78, 5) is 32.3. The topological polar surface area (TPSA) is 92.9 Å². The Hall–Kier alpha value is -4.38. The Balaban J connectivity index is 1.51. The van der Waals surface area contributed by atoms with E-state index < -0.39 is 17.3 Å². The van der Waals surface area contributed by atoms with Crippen molar-refractivity contribution < 1.29 is 13.2 Å². The van der Waals surface area contributed by atoms with Crippen LogP contribution in [0.25, 0.3) is 33.3 Å². The fourth-order valence-corrected chi connectivity index (χ4v) is 5.24. The van der Waals surface area contributed by atoms with Gasteiger partial charge in [-0.3, -0.25) is 9.78 Å². The van der Waals surface area contributed by atoms with Crippen molar-refractivity contribution in [2.45, 2.75) is 19.1 Å². The molecule has 3 N–H and O–H groups in total. The van der Waals surface area contributed by atoms with Gasteiger partial charge < -0.3 is 25.1 Å². The molecule has 1 fully saturated rings. The zero-order chi connectivity index (χ0) is 28.0. The molecule has 40 heavy (non-hydrogen) atoms. The Morgan fingerprint density at radius 2 is 1.73 bits per heavy atom. The summed E-state index contributed by atoms with van der Waals surface area (Å²) in [5.41, 5.74) is 1.65. The average Bonchev–Trinajstić information content (AvgIpc) is 3.35. The highest BCUT2D eigenvalue weighted by Crippen LogP contribution is 2.40. The molecule has 206 valence electrons. The number of alkyl halides is 3. The number of hydrogen-bond donors (Lipinski definition) is 3. The fourth-order valence-electron chi connectivity index (χ4n) is 5.24. The van der Waals surface area contributed by atoms with Crippen molar-refractivity contribution in [3.05, 3.63) is 82.4 Å². The van der Waals surface area contributed by atoms with Gasteiger partial charge in [-0.2, -0.15) is 13.2 Å². The van der Waals surface area contributed by atoms with Gasteiger partial charge in [-0.1, -0.05) is 24.3 Å². The molecule has 0 spiro atoms. The largest absolute Gasteiger partial charge is 0.418 e. The molecule has 5 aromatic rings. The maximum absolute atomic E-state index is 14.2. The number of piperazine rings is 1. The second-order valence-electron chi connectivity index (χ2n) is 10.1. The number of aromatic amines is 2. The third kappa shape index (κ3) is 4.77. The highest BCUT2D eigenvalue weighted by atomic mass is 19.4. The number of halogens is 3. The predicted octanol–water partition coefficient (Wildman–Crippen LogP) is 5.41. The highest BCUT2D eigenvalue weighted by Gasteiger charge is 2.36. The van der Waals surface area contributed by atoms with Gasteiger partial charge in [0.25, 0.3) is 5.56 Å². The molecule has 0 aliphatic carbocycles. The minimum Gasteiger partial charge on any atom is -0.376 e. The second kappa shape index (κ2) is 9.98. The van der Waals surface area contributed by atoms with Gasteiger partial charge in [-0.15, -0.1) is 0 Å². The number of benzene rings is 2. The van der Waals surface area contributed by atoms with Crippen molar-refractivity contribution in [1.29, 1.82) is 0 Å². The number of anilines is 2. The molecule has 0 saturated carbocycles. The van der Waals surface area contributed by atoms with Crippen LogP contribution in [0.3, 0.4) is 0 Å². The number of rotatable bonds is 5. The lowest BCUT2D eigenvalue weighted by Crippen LogP contribution is -2.45. The Morgan fingerprint density at radius 1 is 0.975 bits per heavy atom. The highest BCUT2D eigenvalue weighted by molar-refractivity contribution is 5.99. The predicted molar refractivity (Wildman–Crippen MR) is 151 cm³/mol. The minimum atomic E-state index is -4.55. The molecule has 1 atom stereocenters. The van der Waals surface area contributed by atoms with Crippen LogP contribution in [0.5, 0.6) is 0 Å². The Kier molecular flexibility index (Phi) is 6.46. The van der Waals surface area contributed by atoms with Crippen molar-refractivity contribution in [3.8, 4) is 11.4 Å². The van der Waals surface area contributed by atoms with Crippen molar-refractivity contribution in [1.82, 2.24) is 24.8 Å². The number of hydrogen-bond acceptors (Lipinski definition) is 6. The molecule has 1 unspecified atom stereocenters. The molecule has 1 saturated heterocycles. The minimum absolute atomic E-state index is 0.0979. The van der Waals surface area contributed by atoms with Crippen LogP contribution in [0.15, 0.2) is 65.6 Å². The number of likely N-dealkylation sites (N-methyl/N-ethyl adjacent to an activating group) is 1. The van der Waals surface area contributed by atoms with E-state index in [2.05, 4.69) is 30.2 Å². The monoisotopic (exact) mass is 547 g/mol. The Labute approximate surface area is 227 Å². The van der Waals surface area contributed by atoms with Gasteiger partial charge in [0.15, 0.2) is 0 Å². The van der Waals surface area contributed by atoms with Crippen LogP contribution in [0.1, 0.15) is 24.2 Å². The van der Waals surface area contributed by atoms with Gasteiger partial charge in [0.05, 0.1) is 45.2 Å². The number of pyridine rings is 2. The first-order valence-electron chi connectivity index (χ1n) is 13.1. The summed E-state index contributed by atoms with van der Waals surface area (Å²) in [5, 5.41) is 4.17. The molecule has 1 aliphatic rings. The van der Waals surface area contributed by atoms with Crippen LogP contribution in [0, 0.1) is 0 Å². The number of aromatic nitrogens is 4. The lowest BCUT2D eigenvalue weighted by atomic mass is 10.1. The number of imidazole rings is 1. The summed E-state index contributed by atoms with van der Waals surface area (Å²) in [7, 11) is 1.95. The lowest BCUT2D eigenvalue weighted by molar-refractivity contribution is -0.137. The molecular weight excluding hydrogens is 519 g/mol. The number of fused-ring (bicyclic) bond motifs is 2. The van der Waals surface area contributed by atoms with E-state index in [4.69, 9.17) is 0 Å². The zero-order valence-electron chi connectivity index (χ0n) is 22.0. The third-order valence-electron chi connectivity index (χ3n) is 7.40. The molecule has 4 heterocycles. The van der Waals surface area contributed by atoms with E-state index >= 15 is 0 Å². The summed E-state index contributed by atoms with van der Waals surface area (Å²) in [6.45, 7) is 4.21. The standard InChI is InChI=1S/C29H28F3N7O/c1-17(20-8-5-6-10-33-20)34-26-18-7-3-4-9-21(18)37-28(40)25(26)27-35-22-15-19(29(30,31)32)24(16-23(22)36-27)39-13-11-38(2)12-14-39/h3-10,15-17H,11-14H2,1-2H3,(H,35,36)(H2,34,37,40). The molecule has 8 nitrogen and oxygen atoms in total. The van der Waals surface area contributed by atoms with Gasteiger partial charge in [0.2, 0.25) is 0 Å². The van der Waals surface area contributed by atoms with Crippen molar-refractivity contribution in [2.24, 2.45) is 0 Å². The smallest absolute Gasteiger partial charge is 0.376 e. The number of para-hydroxylation sites is 1. The average molecular weight is 548 g/mol. The Bertz CT molecular complexity index is 1740. The van der Waals surface area contributed by atoms with E-state index in [0.717, 1.165) is 17.1 Å². The molecule has 0 radical (unpaired) electrons. The van der Waals surface area contributed by atoms with Crippen molar-refractivity contribution in [2.75, 3.05) is 43.4 Å². The number of nitrogens with zero attached hydrogens (tertiary/aromatic N) is 4. The molecular formula is C29H28F3N7O. The number of H-pyrrole nitrogens is 2. The van der Waals surface area contributed by atoms with Crippen LogP contribution in [0.4, 0.5) is 24.5 Å². The maximum atomic E-state index is 14.2. The van der Waals surface area contributed by atoms with E-state index in [1.807, 2.05) is 50.4 Å². The zero-order valence-corrected chi connectivity index (χ0v) is 22.0. The summed E-state index contributed by atoms with van der Waals surface area (Å²) in [6, 6.07) is 15.2. The summed E-state index contributed by atoms with van der Waals surface area (Å²) < 4.78 is 42.6. The molecule has 0 bridgehead atoms. The molecule has 1 aliphatic heterocycles. The molecule has 3 aromatic heterocycles. The SMILES string of the molecule is CC(Nc1c(-c2nc3cc(N4CCN(C)CC4)c(C(F)(F)F)cc3[nH]2)c(=O)[nH]c2ccccc12)c1ccccn1. The van der Waals surface area contributed by atoms with Gasteiger partial charge in [-0.25, -0.2) is 4.98 Å². The van der Waals surface area contributed by atoms with Crippen LogP contribution in [0.2, 0.25) is 0 Å². The van der Waals surface area contributed by atoms with Gasteiger partial charge in [-0.05, 0) is 44.3 Å². The van der Waals surface area contributed by atoms with Crippen LogP contribution < -0.4 is 15.8 Å². The fraction of sp³-hybridized carbons (Fsp3) is 0.276. The van der Waals surface area contributed by atoms with E-state index in [9.17, 15) is 18.0 Å². The van der Waals surface area contributed by atoms with Crippen LogP contribution in [-0.4, -0.2) is 58.1 Å². The quantitative estimate of drug-likeness (QED) is 0.273. The summed E-state index contributed by atoms with van der Waals surface area (Å²) in [6.07, 6.45) is -2.86. The van der Waals surface area contributed by atoms with Crippen LogP contribution in [-0.2, 0) is 6.18 Å². The van der Waals surface area contributed by atoms with Crippen molar-refractivity contribution >= 4 is 33.3 Å². The van der Waals surface area contributed by atoms with Crippen LogP contribution >= 0.6 is 0 Å². The van der Waals surface area contributed by atoms with E-state index in [0.29, 0.717) is 42.9 Å². The molecule has 6 rings (SSSR count). The van der Waals surface area contributed by atoms with Gasteiger partial charge in [0, 0.05) is 37.8 Å². The molecule has 0 amide bonds. The van der Waals surface area contributed by atoms with Gasteiger partial charge in [0.1, 0.15) is 11.4 Å². The Morgan fingerprint density at radius 3 is 2.45 bits per heavy atom. The third-order valence-corrected chi connectivity index (χ3v) is 7.40. The normalized spacial score (nSPS) is 15.6. The van der Waals surface area contributed by atoms with Crippen molar-refractivity contribution in [3.63, 3.8) is 0 Å². The van der Waals surface area contributed by atoms with Gasteiger partial charge >= 0.3 is 6.18 Å².